The predicted octanol–water partition coefficient (Wildman–Crippen LogP) is 4.42. The molecule has 1 atom stereocenters. The highest BCUT2D eigenvalue weighted by molar-refractivity contribution is 5.53. The number of hydrogen-bond acceptors (Lipinski definition) is 0. The van der Waals surface area contributed by atoms with Crippen LogP contribution < -0.4 is 0 Å². The van der Waals surface area contributed by atoms with Gasteiger partial charge in [-0.3, -0.25) is 0 Å². The maximum absolute atomic E-state index is 2.33. The van der Waals surface area contributed by atoms with Gasteiger partial charge < -0.3 is 0 Å². The van der Waals surface area contributed by atoms with E-state index in [2.05, 4.69) is 52.0 Å². The van der Waals surface area contributed by atoms with Crippen molar-refractivity contribution in [1.82, 2.24) is 0 Å². The minimum atomic E-state index is 0.604. The van der Waals surface area contributed by atoms with Crippen molar-refractivity contribution >= 4 is 0 Å². The predicted molar refractivity (Wildman–Crippen MR) is 66.6 cm³/mol. The lowest BCUT2D eigenvalue weighted by Gasteiger charge is -2.29. The maximum atomic E-state index is 2.33. The highest BCUT2D eigenvalue weighted by Crippen LogP contribution is 2.39. The first-order valence-corrected chi connectivity index (χ1v) is 5.89. The molecule has 0 fully saturated rings. The van der Waals surface area contributed by atoms with E-state index in [1.165, 1.54) is 16.7 Å². The Balaban J connectivity index is 2.53. The Kier molecular flexibility index (Phi) is 2.68. The minimum absolute atomic E-state index is 0.604. The second kappa shape index (κ2) is 3.84. The zero-order valence-electron chi connectivity index (χ0n) is 10.2. The number of fused-ring (bicyclic) bond motifs is 1. The topological polar surface area (TPSA) is 0 Å². The van der Waals surface area contributed by atoms with E-state index in [0.717, 1.165) is 6.42 Å². The van der Waals surface area contributed by atoms with Crippen LogP contribution in [-0.2, 0) is 0 Å². The van der Waals surface area contributed by atoms with E-state index >= 15 is 0 Å². The van der Waals surface area contributed by atoms with Crippen molar-refractivity contribution in [1.29, 1.82) is 0 Å². The Morgan fingerprint density at radius 1 is 1.27 bits per heavy atom. The Bertz CT molecular complexity index is 386. The number of rotatable bonds is 1. The van der Waals surface area contributed by atoms with E-state index in [4.69, 9.17) is 0 Å². The average Bonchev–Trinajstić information content (AvgIpc) is 2.23. The first kappa shape index (κ1) is 10.5. The first-order valence-electron chi connectivity index (χ1n) is 5.89. The lowest BCUT2D eigenvalue weighted by Crippen LogP contribution is -2.14. The molecule has 0 aromatic rings. The molecule has 0 amide bonds. The SMILES string of the molecule is CC1=CC=C2CC=CC(C(C)C)=C2C1C. The van der Waals surface area contributed by atoms with Crippen LogP contribution in [0.5, 0.6) is 0 Å². The van der Waals surface area contributed by atoms with Crippen molar-refractivity contribution < 1.29 is 0 Å². The molecule has 0 nitrogen and oxygen atoms in total. The Labute approximate surface area is 93.1 Å². The third kappa shape index (κ3) is 1.73. The number of hydrogen-bond donors (Lipinski definition) is 0. The molecular weight excluding hydrogens is 180 g/mol. The van der Waals surface area contributed by atoms with Crippen molar-refractivity contribution in [3.8, 4) is 0 Å². The largest absolute Gasteiger partial charge is 0.0798 e. The van der Waals surface area contributed by atoms with Gasteiger partial charge in [-0.2, -0.15) is 0 Å². The van der Waals surface area contributed by atoms with Crippen molar-refractivity contribution in [3.05, 3.63) is 46.6 Å². The molecule has 0 heterocycles. The summed E-state index contributed by atoms with van der Waals surface area (Å²) in [6.07, 6.45) is 10.3. The smallest absolute Gasteiger partial charge is 0.00258 e. The molecule has 0 saturated carbocycles. The fraction of sp³-hybridized carbons (Fsp3) is 0.467. The van der Waals surface area contributed by atoms with Gasteiger partial charge in [0.05, 0.1) is 0 Å². The van der Waals surface area contributed by atoms with E-state index in [1.54, 1.807) is 5.57 Å². The molecule has 0 bridgehead atoms. The highest BCUT2D eigenvalue weighted by atomic mass is 14.3. The normalized spacial score (nSPS) is 25.3. The van der Waals surface area contributed by atoms with Gasteiger partial charge in [0, 0.05) is 5.92 Å². The van der Waals surface area contributed by atoms with Gasteiger partial charge in [0.15, 0.2) is 0 Å². The van der Waals surface area contributed by atoms with E-state index < -0.39 is 0 Å². The second-order valence-electron chi connectivity index (χ2n) is 4.95. The van der Waals surface area contributed by atoms with Crippen molar-refractivity contribution in [2.45, 2.75) is 34.1 Å². The van der Waals surface area contributed by atoms with Gasteiger partial charge in [0.2, 0.25) is 0 Å². The zero-order valence-corrected chi connectivity index (χ0v) is 10.2. The summed E-state index contributed by atoms with van der Waals surface area (Å²) in [6, 6.07) is 0. The molecule has 0 aliphatic heterocycles. The summed E-state index contributed by atoms with van der Waals surface area (Å²) in [4.78, 5) is 0. The van der Waals surface area contributed by atoms with Gasteiger partial charge in [0.1, 0.15) is 0 Å². The fourth-order valence-corrected chi connectivity index (χ4v) is 2.49. The molecular formula is C15H20. The molecule has 15 heavy (non-hydrogen) atoms. The third-order valence-corrected chi connectivity index (χ3v) is 3.58. The van der Waals surface area contributed by atoms with E-state index in [1.807, 2.05) is 0 Å². The summed E-state index contributed by atoms with van der Waals surface area (Å²) in [5, 5.41) is 0. The van der Waals surface area contributed by atoms with Gasteiger partial charge in [0.25, 0.3) is 0 Å². The van der Waals surface area contributed by atoms with Crippen LogP contribution >= 0.6 is 0 Å². The Morgan fingerprint density at radius 2 is 2.00 bits per heavy atom. The quantitative estimate of drug-likeness (QED) is 0.587. The van der Waals surface area contributed by atoms with Crippen LogP contribution in [0.2, 0.25) is 0 Å². The van der Waals surface area contributed by atoms with Crippen LogP contribution in [-0.4, -0.2) is 0 Å². The molecule has 0 heteroatoms. The van der Waals surface area contributed by atoms with Crippen LogP contribution in [0, 0.1) is 11.8 Å². The van der Waals surface area contributed by atoms with Crippen molar-refractivity contribution in [3.63, 3.8) is 0 Å². The molecule has 0 aromatic carbocycles. The molecule has 2 rings (SSSR count). The van der Waals surface area contributed by atoms with E-state index in [0.29, 0.717) is 11.8 Å². The Morgan fingerprint density at radius 3 is 2.67 bits per heavy atom. The summed E-state index contributed by atoms with van der Waals surface area (Å²) >= 11 is 0. The van der Waals surface area contributed by atoms with Gasteiger partial charge >= 0.3 is 0 Å². The molecule has 2 aliphatic rings. The van der Waals surface area contributed by atoms with E-state index in [9.17, 15) is 0 Å². The third-order valence-electron chi connectivity index (χ3n) is 3.58. The summed E-state index contributed by atoms with van der Waals surface area (Å²) in [5.41, 5.74) is 6.14. The summed E-state index contributed by atoms with van der Waals surface area (Å²) in [7, 11) is 0. The molecule has 80 valence electrons. The maximum Gasteiger partial charge on any atom is 0.00258 e. The summed E-state index contributed by atoms with van der Waals surface area (Å²) in [6.45, 7) is 9.14. The average molecular weight is 200 g/mol. The van der Waals surface area contributed by atoms with Crippen LogP contribution in [0.4, 0.5) is 0 Å². The van der Waals surface area contributed by atoms with Crippen molar-refractivity contribution in [2.75, 3.05) is 0 Å². The van der Waals surface area contributed by atoms with Crippen LogP contribution in [0.1, 0.15) is 34.1 Å². The standard InChI is InChI=1S/C15H20/c1-10(2)14-7-5-6-13-9-8-11(3)12(4)15(13)14/h5,7-10,12H,6H2,1-4H3. The van der Waals surface area contributed by atoms with Crippen LogP contribution in [0.15, 0.2) is 46.6 Å². The number of allylic oxidation sites excluding steroid dienone is 8. The van der Waals surface area contributed by atoms with Crippen LogP contribution in [0.3, 0.4) is 0 Å². The molecule has 0 aromatic heterocycles. The van der Waals surface area contributed by atoms with Gasteiger partial charge in [-0.25, -0.2) is 0 Å². The summed E-state index contributed by atoms with van der Waals surface area (Å²) < 4.78 is 0. The van der Waals surface area contributed by atoms with Gasteiger partial charge in [-0.1, -0.05) is 50.6 Å². The lowest BCUT2D eigenvalue weighted by atomic mass is 9.75. The van der Waals surface area contributed by atoms with E-state index in [-0.39, 0.29) is 0 Å². The molecule has 0 N–H and O–H groups in total. The fourth-order valence-electron chi connectivity index (χ4n) is 2.49. The molecule has 2 aliphatic carbocycles. The molecule has 0 spiro atoms. The molecule has 0 radical (unpaired) electrons. The minimum Gasteiger partial charge on any atom is -0.0798 e. The van der Waals surface area contributed by atoms with Gasteiger partial charge in [-0.15, -0.1) is 0 Å². The molecule has 0 saturated heterocycles. The highest BCUT2D eigenvalue weighted by Gasteiger charge is 2.23. The molecule has 1 unspecified atom stereocenters. The Hall–Kier alpha value is -1.04. The first-order chi connectivity index (χ1) is 7.11. The van der Waals surface area contributed by atoms with Gasteiger partial charge in [-0.05, 0) is 36.0 Å². The zero-order chi connectivity index (χ0) is 11.0. The summed E-state index contributed by atoms with van der Waals surface area (Å²) in [5.74, 6) is 1.24. The second-order valence-corrected chi connectivity index (χ2v) is 4.95. The van der Waals surface area contributed by atoms with Crippen LogP contribution in [0.25, 0.3) is 0 Å². The monoisotopic (exact) mass is 200 g/mol. The lowest BCUT2D eigenvalue weighted by molar-refractivity contribution is 0.712. The van der Waals surface area contributed by atoms with Crippen molar-refractivity contribution in [2.24, 2.45) is 11.8 Å².